The maximum Gasteiger partial charge on any atom is 0.263 e. The molecule has 3 aromatic rings. The standard InChI is InChI=1S/C19H20N2O3S2/c1-12-5-7-15(8-6-12)26(23,24)11-17(22)20-19-21(4)16-10-13(2)9-14(3)18(16)25-19/h5-10H,11H2,1-4H3. The molecule has 1 aromatic heterocycles. The van der Waals surface area contributed by atoms with Crippen molar-refractivity contribution in [3.05, 3.63) is 57.9 Å². The molecule has 7 heteroatoms. The summed E-state index contributed by atoms with van der Waals surface area (Å²) >= 11 is 1.39. The Morgan fingerprint density at radius 1 is 1.08 bits per heavy atom. The number of nitrogens with zero attached hydrogens (tertiary/aromatic N) is 2. The molecule has 0 radical (unpaired) electrons. The number of sulfone groups is 1. The van der Waals surface area contributed by atoms with Gasteiger partial charge in [-0.1, -0.05) is 35.1 Å². The van der Waals surface area contributed by atoms with Gasteiger partial charge < -0.3 is 4.57 Å². The number of benzene rings is 2. The number of carbonyl (C=O) groups excluding carboxylic acids is 1. The molecular formula is C19H20N2O3S2. The van der Waals surface area contributed by atoms with Crippen molar-refractivity contribution in [3.8, 4) is 0 Å². The highest BCUT2D eigenvalue weighted by Gasteiger charge is 2.19. The number of hydrogen-bond acceptors (Lipinski definition) is 4. The third-order valence-electron chi connectivity index (χ3n) is 4.15. The van der Waals surface area contributed by atoms with Gasteiger partial charge in [-0.05, 0) is 50.1 Å². The zero-order chi connectivity index (χ0) is 19.1. The lowest BCUT2D eigenvalue weighted by atomic mass is 10.1. The van der Waals surface area contributed by atoms with E-state index in [1.165, 1.54) is 23.5 Å². The van der Waals surface area contributed by atoms with Crippen LogP contribution in [0.3, 0.4) is 0 Å². The Morgan fingerprint density at radius 3 is 2.38 bits per heavy atom. The van der Waals surface area contributed by atoms with Crippen LogP contribution in [0.4, 0.5) is 0 Å². The van der Waals surface area contributed by atoms with E-state index in [4.69, 9.17) is 0 Å². The number of aryl methyl sites for hydroxylation is 4. The van der Waals surface area contributed by atoms with Crippen LogP contribution in [0.25, 0.3) is 10.2 Å². The van der Waals surface area contributed by atoms with Gasteiger partial charge in [0.05, 0.1) is 15.1 Å². The van der Waals surface area contributed by atoms with Gasteiger partial charge in [0.15, 0.2) is 14.6 Å². The Bertz CT molecular complexity index is 1170. The van der Waals surface area contributed by atoms with Gasteiger partial charge in [0.25, 0.3) is 5.91 Å². The quantitative estimate of drug-likeness (QED) is 0.692. The van der Waals surface area contributed by atoms with Gasteiger partial charge in [0.1, 0.15) is 5.75 Å². The number of carbonyl (C=O) groups is 1. The van der Waals surface area contributed by atoms with Crippen LogP contribution in [-0.2, 0) is 21.7 Å². The molecule has 5 nitrogen and oxygen atoms in total. The highest BCUT2D eigenvalue weighted by molar-refractivity contribution is 7.92. The van der Waals surface area contributed by atoms with Crippen molar-refractivity contribution in [2.45, 2.75) is 25.7 Å². The predicted octanol–water partition coefficient (Wildman–Crippen LogP) is 3.07. The molecule has 0 saturated heterocycles. The number of fused-ring (bicyclic) bond motifs is 1. The molecule has 0 aliphatic carbocycles. The molecule has 1 heterocycles. The fourth-order valence-corrected chi connectivity index (χ4v) is 5.00. The molecule has 0 atom stereocenters. The van der Waals surface area contributed by atoms with Gasteiger partial charge in [0.2, 0.25) is 0 Å². The van der Waals surface area contributed by atoms with Crippen molar-refractivity contribution < 1.29 is 13.2 Å². The van der Waals surface area contributed by atoms with Crippen LogP contribution in [0.1, 0.15) is 16.7 Å². The van der Waals surface area contributed by atoms with Crippen LogP contribution in [0.15, 0.2) is 46.3 Å². The van der Waals surface area contributed by atoms with Gasteiger partial charge in [-0.25, -0.2) is 8.42 Å². The molecule has 0 N–H and O–H groups in total. The molecule has 0 fully saturated rings. The summed E-state index contributed by atoms with van der Waals surface area (Å²) in [4.78, 5) is 17.0. The minimum Gasteiger partial charge on any atom is -0.319 e. The molecule has 0 aliphatic rings. The fraction of sp³-hybridized carbons (Fsp3) is 0.263. The van der Waals surface area contributed by atoms with Gasteiger partial charge in [-0.15, -0.1) is 0 Å². The first-order valence-corrected chi connectivity index (χ1v) is 10.6. The third-order valence-corrected chi connectivity index (χ3v) is 7.06. The second kappa shape index (κ2) is 6.81. The van der Waals surface area contributed by atoms with E-state index in [0.717, 1.165) is 26.9 Å². The lowest BCUT2D eigenvalue weighted by molar-refractivity contribution is -0.115. The Labute approximate surface area is 156 Å². The summed E-state index contributed by atoms with van der Waals surface area (Å²) in [5.41, 5.74) is 4.19. The van der Waals surface area contributed by atoms with E-state index in [1.54, 1.807) is 12.1 Å². The topological polar surface area (TPSA) is 68.5 Å². The fourth-order valence-electron chi connectivity index (χ4n) is 2.80. The highest BCUT2D eigenvalue weighted by atomic mass is 32.2. The second-order valence-electron chi connectivity index (χ2n) is 6.45. The van der Waals surface area contributed by atoms with Gasteiger partial charge in [-0.2, -0.15) is 4.99 Å². The normalized spacial score (nSPS) is 12.7. The average Bonchev–Trinajstić information content (AvgIpc) is 2.84. The molecule has 0 unspecified atom stereocenters. The van der Waals surface area contributed by atoms with Crippen molar-refractivity contribution in [3.63, 3.8) is 0 Å². The number of rotatable bonds is 3. The monoisotopic (exact) mass is 388 g/mol. The summed E-state index contributed by atoms with van der Waals surface area (Å²) < 4.78 is 27.7. The SMILES string of the molecule is Cc1ccc(S(=O)(=O)CC(=O)N=c2sc3c(C)cc(C)cc3n2C)cc1. The summed E-state index contributed by atoms with van der Waals surface area (Å²) in [6.45, 7) is 5.90. The molecule has 3 rings (SSSR count). The molecule has 2 aromatic carbocycles. The molecule has 0 aliphatic heterocycles. The van der Waals surface area contributed by atoms with E-state index < -0.39 is 21.5 Å². The lowest BCUT2D eigenvalue weighted by Gasteiger charge is -2.02. The molecule has 0 bridgehead atoms. The maximum absolute atomic E-state index is 12.4. The number of hydrogen-bond donors (Lipinski definition) is 0. The minimum absolute atomic E-state index is 0.138. The van der Waals surface area contributed by atoms with Crippen molar-refractivity contribution in [2.24, 2.45) is 12.0 Å². The first-order valence-electron chi connectivity index (χ1n) is 8.11. The largest absolute Gasteiger partial charge is 0.319 e. The van der Waals surface area contributed by atoms with Crippen molar-refractivity contribution >= 4 is 37.3 Å². The smallest absolute Gasteiger partial charge is 0.263 e. The summed E-state index contributed by atoms with van der Waals surface area (Å²) in [6.07, 6.45) is 0. The van der Waals surface area contributed by atoms with Crippen LogP contribution in [0, 0.1) is 20.8 Å². The van der Waals surface area contributed by atoms with E-state index in [9.17, 15) is 13.2 Å². The number of aromatic nitrogens is 1. The summed E-state index contributed by atoms with van der Waals surface area (Å²) in [5.74, 6) is -1.30. The van der Waals surface area contributed by atoms with E-state index >= 15 is 0 Å². The van der Waals surface area contributed by atoms with Gasteiger partial charge >= 0.3 is 0 Å². The molecule has 1 amide bonds. The zero-order valence-corrected chi connectivity index (χ0v) is 16.7. The van der Waals surface area contributed by atoms with Crippen LogP contribution < -0.4 is 4.80 Å². The van der Waals surface area contributed by atoms with Crippen LogP contribution in [-0.4, -0.2) is 24.6 Å². The third kappa shape index (κ3) is 3.64. The van der Waals surface area contributed by atoms with E-state index in [-0.39, 0.29) is 4.90 Å². The number of amides is 1. The van der Waals surface area contributed by atoms with Crippen molar-refractivity contribution in [1.29, 1.82) is 0 Å². The zero-order valence-electron chi connectivity index (χ0n) is 15.1. The van der Waals surface area contributed by atoms with Crippen LogP contribution >= 0.6 is 11.3 Å². The molecule has 0 spiro atoms. The minimum atomic E-state index is -3.70. The summed E-state index contributed by atoms with van der Waals surface area (Å²) in [7, 11) is -1.87. The van der Waals surface area contributed by atoms with Crippen LogP contribution in [0.5, 0.6) is 0 Å². The van der Waals surface area contributed by atoms with E-state index in [0.29, 0.717) is 4.80 Å². The number of thiazole rings is 1. The molecule has 0 saturated carbocycles. The second-order valence-corrected chi connectivity index (χ2v) is 9.42. The van der Waals surface area contributed by atoms with Crippen LogP contribution in [0.2, 0.25) is 0 Å². The first kappa shape index (κ1) is 18.5. The first-order chi connectivity index (χ1) is 12.2. The van der Waals surface area contributed by atoms with Gasteiger partial charge in [-0.3, -0.25) is 4.79 Å². The summed E-state index contributed by atoms with van der Waals surface area (Å²) in [5, 5.41) is 0. The Morgan fingerprint density at radius 2 is 1.73 bits per heavy atom. The molecule has 136 valence electrons. The Hall–Kier alpha value is -2.25. The highest BCUT2D eigenvalue weighted by Crippen LogP contribution is 2.22. The maximum atomic E-state index is 12.4. The predicted molar refractivity (Wildman–Crippen MR) is 104 cm³/mol. The molecular weight excluding hydrogens is 368 g/mol. The van der Waals surface area contributed by atoms with Crippen molar-refractivity contribution in [1.82, 2.24) is 4.57 Å². The van der Waals surface area contributed by atoms with Crippen molar-refractivity contribution in [2.75, 3.05) is 5.75 Å². The van der Waals surface area contributed by atoms with E-state index in [1.807, 2.05) is 38.5 Å². The molecule has 26 heavy (non-hydrogen) atoms. The van der Waals surface area contributed by atoms with E-state index in [2.05, 4.69) is 11.1 Å². The average molecular weight is 389 g/mol. The Kier molecular flexibility index (Phi) is 4.86. The Balaban J connectivity index is 1.96. The van der Waals surface area contributed by atoms with Gasteiger partial charge in [0, 0.05) is 7.05 Å². The lowest BCUT2D eigenvalue weighted by Crippen LogP contribution is -2.19. The summed E-state index contributed by atoms with van der Waals surface area (Å²) in [6, 6.07) is 10.6.